The first-order valence-electron chi connectivity index (χ1n) is 10.0. The van der Waals surface area contributed by atoms with Gasteiger partial charge in [-0.25, -0.2) is 20.0 Å². The molecule has 5 aliphatic rings. The first kappa shape index (κ1) is 17.4. The van der Waals surface area contributed by atoms with Crippen molar-refractivity contribution in [1.29, 1.82) is 0 Å². The van der Waals surface area contributed by atoms with Gasteiger partial charge in [-0.2, -0.15) is 0 Å². The maximum atomic E-state index is 8.27. The van der Waals surface area contributed by atoms with Crippen LogP contribution in [0.15, 0.2) is 115 Å². The molecule has 30 heavy (non-hydrogen) atoms. The fourth-order valence-corrected chi connectivity index (χ4v) is 3.50. The van der Waals surface area contributed by atoms with Gasteiger partial charge >= 0.3 is 0 Å². The highest BCUT2D eigenvalue weighted by Gasteiger charge is 2.34. The van der Waals surface area contributed by atoms with Crippen molar-refractivity contribution in [2.75, 3.05) is 14.2 Å². The van der Waals surface area contributed by atoms with Crippen LogP contribution in [0.5, 0.6) is 0 Å². The van der Waals surface area contributed by atoms with Gasteiger partial charge in [0.15, 0.2) is 5.79 Å². The standard InChI is InChI=1S/C24H20N4O2/c1-24(29-2,30-3)22-13-21-12-19-7-6-17(26-19)10-15-4-5-16(25-15)11-18-8-9-20(27-18)14-23(22)28-21/h4-14H,1-3H3/i6D. The Labute approximate surface area is 176 Å². The molecule has 6 nitrogen and oxygen atoms in total. The van der Waals surface area contributed by atoms with E-state index in [1.54, 1.807) is 20.3 Å². The smallest absolute Gasteiger partial charge is 0.193 e. The Morgan fingerprint density at radius 3 is 1.93 bits per heavy atom. The molecule has 6 heteroatoms. The molecule has 148 valence electrons. The van der Waals surface area contributed by atoms with Crippen LogP contribution in [-0.2, 0) is 9.47 Å². The second-order valence-corrected chi connectivity index (χ2v) is 7.21. The number of ether oxygens (including phenoxy) is 2. The van der Waals surface area contributed by atoms with Gasteiger partial charge in [0, 0.05) is 19.8 Å². The van der Waals surface area contributed by atoms with Crippen molar-refractivity contribution in [2.45, 2.75) is 12.7 Å². The molecule has 0 saturated carbocycles. The highest BCUT2D eigenvalue weighted by molar-refractivity contribution is 6.15. The van der Waals surface area contributed by atoms with Gasteiger partial charge in [0.25, 0.3) is 0 Å². The van der Waals surface area contributed by atoms with Crippen molar-refractivity contribution in [3.8, 4) is 0 Å². The van der Waals surface area contributed by atoms with Crippen molar-refractivity contribution in [3.05, 3.63) is 95.2 Å². The van der Waals surface area contributed by atoms with Gasteiger partial charge in [-0.1, -0.05) is 0 Å². The van der Waals surface area contributed by atoms with Gasteiger partial charge in [0.2, 0.25) is 0 Å². The molecular formula is C24H20N4O2. The van der Waals surface area contributed by atoms with Crippen molar-refractivity contribution < 1.29 is 10.8 Å². The number of hydrogen-bond donors (Lipinski definition) is 0. The third-order valence-corrected chi connectivity index (χ3v) is 5.23. The molecule has 0 fully saturated rings. The first-order chi connectivity index (χ1) is 15.0. The van der Waals surface area contributed by atoms with Crippen LogP contribution in [0, 0.1) is 0 Å². The van der Waals surface area contributed by atoms with Gasteiger partial charge in [0.1, 0.15) is 0 Å². The fraction of sp³-hybridized carbons (Fsp3) is 0.167. The number of hydrogen-bond acceptors (Lipinski definition) is 6. The number of rotatable bonds is 3. The maximum absolute atomic E-state index is 8.27. The van der Waals surface area contributed by atoms with E-state index >= 15 is 0 Å². The van der Waals surface area contributed by atoms with Crippen molar-refractivity contribution in [1.82, 2.24) is 0 Å². The number of nitrogens with zero attached hydrogens (tertiary/aromatic N) is 4. The van der Waals surface area contributed by atoms with Gasteiger partial charge in [-0.15, -0.1) is 0 Å². The summed E-state index contributed by atoms with van der Waals surface area (Å²) in [5.74, 6) is -0.969. The Morgan fingerprint density at radius 1 is 0.667 bits per heavy atom. The summed E-state index contributed by atoms with van der Waals surface area (Å²) in [4.78, 5) is 18.6. The van der Waals surface area contributed by atoms with Crippen LogP contribution in [0.4, 0.5) is 0 Å². The number of fused-ring (bicyclic) bond motifs is 4. The third kappa shape index (κ3) is 3.36. The Hall–Kier alpha value is -3.48. The SMILES string of the molecule is [2H]C1=CC2=CC3=NC(=CC4=NC(=CC5=NC(=CC1=N2)C=C5)C=C4)C(C(C)(OC)OC)=C3. The van der Waals surface area contributed by atoms with Crippen LogP contribution in [0.1, 0.15) is 8.29 Å². The largest absolute Gasteiger partial charge is 0.349 e. The number of aliphatic imine (C=N–C) groups is 4. The Kier molecular flexibility index (Phi) is 4.11. The van der Waals surface area contributed by atoms with E-state index in [4.69, 9.17) is 15.8 Å². The van der Waals surface area contributed by atoms with Crippen LogP contribution in [-0.4, -0.2) is 42.9 Å². The van der Waals surface area contributed by atoms with E-state index in [9.17, 15) is 0 Å². The van der Waals surface area contributed by atoms with E-state index in [-0.39, 0.29) is 0 Å². The van der Waals surface area contributed by atoms with E-state index < -0.39 is 5.79 Å². The zero-order valence-corrected chi connectivity index (χ0v) is 16.9. The molecule has 0 aromatic heterocycles. The Morgan fingerprint density at radius 2 is 1.23 bits per heavy atom. The molecular weight excluding hydrogens is 376 g/mol. The van der Waals surface area contributed by atoms with E-state index in [0.29, 0.717) is 28.9 Å². The minimum atomic E-state index is -0.969. The lowest BCUT2D eigenvalue weighted by atomic mass is 10.0. The third-order valence-electron chi connectivity index (χ3n) is 5.23. The highest BCUT2D eigenvalue weighted by atomic mass is 16.7. The normalized spacial score (nSPS) is 22.3. The predicted octanol–water partition coefficient (Wildman–Crippen LogP) is 3.96. The molecule has 8 bridgehead atoms. The summed E-state index contributed by atoms with van der Waals surface area (Å²) in [6, 6.07) is 0.336. The van der Waals surface area contributed by atoms with E-state index in [1.807, 2.05) is 61.6 Å². The molecule has 5 rings (SSSR count). The summed E-state index contributed by atoms with van der Waals surface area (Å²) < 4.78 is 19.6. The zero-order valence-electron chi connectivity index (χ0n) is 17.9. The molecule has 0 unspecified atom stereocenters. The monoisotopic (exact) mass is 397 g/mol. The van der Waals surface area contributed by atoms with Crippen molar-refractivity contribution in [3.63, 3.8) is 0 Å². The maximum Gasteiger partial charge on any atom is 0.193 e. The van der Waals surface area contributed by atoms with Gasteiger partial charge < -0.3 is 9.47 Å². The summed E-state index contributed by atoms with van der Waals surface area (Å²) in [5, 5.41) is 0. The molecule has 0 aliphatic carbocycles. The lowest BCUT2D eigenvalue weighted by molar-refractivity contribution is -0.162. The van der Waals surface area contributed by atoms with Crippen molar-refractivity contribution in [2.24, 2.45) is 20.0 Å². The minimum absolute atomic E-state index is 0.336. The van der Waals surface area contributed by atoms with Crippen molar-refractivity contribution >= 4 is 22.8 Å². The molecule has 5 heterocycles. The van der Waals surface area contributed by atoms with Gasteiger partial charge in [-0.3, -0.25) is 0 Å². The minimum Gasteiger partial charge on any atom is -0.349 e. The number of methoxy groups -OCH3 is 2. The quantitative estimate of drug-likeness (QED) is 0.677. The lowest BCUT2D eigenvalue weighted by Crippen LogP contribution is -2.32. The van der Waals surface area contributed by atoms with Gasteiger partial charge in [-0.05, 0) is 73.7 Å². The second-order valence-electron chi connectivity index (χ2n) is 7.21. The molecule has 0 saturated heterocycles. The average molecular weight is 397 g/mol. The van der Waals surface area contributed by atoms with Crippen LogP contribution in [0.3, 0.4) is 0 Å². The lowest BCUT2D eigenvalue weighted by Gasteiger charge is -2.28. The summed E-state index contributed by atoms with van der Waals surface area (Å²) in [7, 11) is 3.20. The van der Waals surface area contributed by atoms with E-state index in [2.05, 4.69) is 15.0 Å². The topological polar surface area (TPSA) is 67.9 Å². The molecule has 0 N–H and O–H groups in total. The zero-order chi connectivity index (χ0) is 21.6. The molecule has 0 aromatic rings. The Balaban J connectivity index is 1.68. The molecule has 0 atom stereocenters. The van der Waals surface area contributed by atoms with E-state index in [0.717, 1.165) is 28.4 Å². The summed E-state index contributed by atoms with van der Waals surface area (Å²) >= 11 is 0. The van der Waals surface area contributed by atoms with E-state index in [1.165, 1.54) is 0 Å². The number of allylic oxidation sites excluding steroid dienone is 11. The van der Waals surface area contributed by atoms with Crippen LogP contribution >= 0.6 is 0 Å². The predicted molar refractivity (Wildman–Crippen MR) is 120 cm³/mol. The molecule has 0 spiro atoms. The fourth-order valence-electron chi connectivity index (χ4n) is 3.50. The van der Waals surface area contributed by atoms with Crippen LogP contribution in [0.25, 0.3) is 0 Å². The molecule has 5 aliphatic heterocycles. The van der Waals surface area contributed by atoms with Gasteiger partial charge in [0.05, 0.1) is 47.0 Å². The first-order valence-corrected chi connectivity index (χ1v) is 9.55. The van der Waals surface area contributed by atoms with Crippen LogP contribution in [0.2, 0.25) is 0 Å². The summed E-state index contributed by atoms with van der Waals surface area (Å²) in [6.07, 6.45) is 18.8. The Bertz CT molecular complexity index is 1260. The molecule has 0 aromatic carbocycles. The second kappa shape index (κ2) is 7.09. The van der Waals surface area contributed by atoms with Crippen LogP contribution < -0.4 is 0 Å². The summed E-state index contributed by atoms with van der Waals surface area (Å²) in [6.45, 7) is 1.85. The highest BCUT2D eigenvalue weighted by Crippen LogP contribution is 2.33. The molecule has 0 amide bonds. The average Bonchev–Trinajstić information content (AvgIpc) is 3.52. The summed E-state index contributed by atoms with van der Waals surface area (Å²) in [5.41, 5.74) is 6.54. The molecule has 0 radical (unpaired) electrons.